The number of rotatable bonds is 8. The number of nitrogens with one attached hydrogen (secondary N) is 1. The van der Waals surface area contributed by atoms with Crippen molar-refractivity contribution in [3.63, 3.8) is 0 Å². The minimum absolute atomic E-state index is 0.0199. The number of aromatic nitrogens is 2. The van der Waals surface area contributed by atoms with E-state index in [-0.39, 0.29) is 5.75 Å². The second kappa shape index (κ2) is 8.75. The second-order valence-electron chi connectivity index (χ2n) is 6.78. The molecule has 0 aliphatic carbocycles. The van der Waals surface area contributed by atoms with E-state index in [2.05, 4.69) is 19.8 Å². The van der Waals surface area contributed by atoms with E-state index < -0.39 is 10.0 Å². The number of benzene rings is 1. The smallest absolute Gasteiger partial charge is 0.230 e. The van der Waals surface area contributed by atoms with Crippen molar-refractivity contribution in [3.8, 4) is 0 Å². The molecule has 1 aliphatic heterocycles. The maximum absolute atomic E-state index is 12.3. The summed E-state index contributed by atoms with van der Waals surface area (Å²) in [6.45, 7) is 4.88. The lowest BCUT2D eigenvalue weighted by Crippen LogP contribution is -2.40. The Morgan fingerprint density at radius 3 is 2.73 bits per heavy atom. The van der Waals surface area contributed by atoms with Crippen LogP contribution in [0.3, 0.4) is 0 Å². The van der Waals surface area contributed by atoms with Gasteiger partial charge >= 0.3 is 0 Å². The molecule has 3 rings (SSSR count). The van der Waals surface area contributed by atoms with Crippen molar-refractivity contribution in [1.29, 1.82) is 0 Å². The van der Waals surface area contributed by atoms with E-state index in [4.69, 9.17) is 4.42 Å². The van der Waals surface area contributed by atoms with Gasteiger partial charge in [0, 0.05) is 19.5 Å². The van der Waals surface area contributed by atoms with Crippen LogP contribution >= 0.6 is 0 Å². The van der Waals surface area contributed by atoms with E-state index in [9.17, 15) is 8.42 Å². The highest BCUT2D eigenvalue weighted by atomic mass is 32.2. The molecule has 2 heterocycles. The summed E-state index contributed by atoms with van der Waals surface area (Å²) in [7, 11) is -3.32. The van der Waals surface area contributed by atoms with Crippen molar-refractivity contribution < 1.29 is 12.8 Å². The van der Waals surface area contributed by atoms with Gasteiger partial charge in [-0.1, -0.05) is 37.3 Å². The maximum atomic E-state index is 12.3. The van der Waals surface area contributed by atoms with E-state index in [0.29, 0.717) is 30.8 Å². The Morgan fingerprint density at radius 2 is 2.00 bits per heavy atom. The first-order valence-electron chi connectivity index (χ1n) is 9.09. The molecule has 2 aromatic rings. The number of hydrogen-bond donors (Lipinski definition) is 1. The first-order valence-corrected chi connectivity index (χ1v) is 10.7. The SMILES string of the molecule is CCc1nnc(CN2CCC[C@@H](CNS(=O)(=O)Cc3ccccc3)C2)o1. The van der Waals surface area contributed by atoms with Gasteiger partial charge in [-0.3, -0.25) is 4.90 Å². The predicted molar refractivity (Wildman–Crippen MR) is 98.7 cm³/mol. The van der Waals surface area contributed by atoms with E-state index in [1.54, 1.807) is 0 Å². The fourth-order valence-corrected chi connectivity index (χ4v) is 4.46. The molecule has 1 aliphatic rings. The van der Waals surface area contributed by atoms with Crippen LogP contribution < -0.4 is 4.72 Å². The van der Waals surface area contributed by atoms with Crippen LogP contribution in [-0.2, 0) is 28.7 Å². The summed E-state index contributed by atoms with van der Waals surface area (Å²) in [5, 5.41) is 8.06. The van der Waals surface area contributed by atoms with Gasteiger partial charge < -0.3 is 4.42 Å². The fraction of sp³-hybridized carbons (Fsp3) is 0.556. The van der Waals surface area contributed by atoms with Crippen LogP contribution in [0.2, 0.25) is 0 Å². The van der Waals surface area contributed by atoms with Gasteiger partial charge in [0.1, 0.15) is 0 Å². The summed E-state index contributed by atoms with van der Waals surface area (Å²) < 4.78 is 32.9. The van der Waals surface area contributed by atoms with Crippen molar-refractivity contribution in [2.24, 2.45) is 5.92 Å². The Morgan fingerprint density at radius 1 is 1.23 bits per heavy atom. The first kappa shape index (κ1) is 19.0. The molecular formula is C18H26N4O3S. The van der Waals surface area contributed by atoms with Gasteiger partial charge in [-0.15, -0.1) is 10.2 Å². The van der Waals surface area contributed by atoms with Gasteiger partial charge in [-0.25, -0.2) is 13.1 Å². The molecule has 142 valence electrons. The zero-order chi connectivity index (χ0) is 18.4. The van der Waals surface area contributed by atoms with Crippen LogP contribution in [0.4, 0.5) is 0 Å². The highest BCUT2D eigenvalue weighted by Gasteiger charge is 2.23. The Balaban J connectivity index is 1.48. The third-order valence-electron chi connectivity index (χ3n) is 4.56. The highest BCUT2D eigenvalue weighted by Crippen LogP contribution is 2.18. The maximum Gasteiger partial charge on any atom is 0.230 e. The molecule has 1 aromatic carbocycles. The zero-order valence-electron chi connectivity index (χ0n) is 15.1. The van der Waals surface area contributed by atoms with Crippen LogP contribution in [0, 0.1) is 5.92 Å². The number of sulfonamides is 1. The van der Waals surface area contributed by atoms with Crippen molar-refractivity contribution in [3.05, 3.63) is 47.7 Å². The standard InChI is InChI=1S/C18H26N4O3S/c1-2-17-20-21-18(25-17)13-22-10-6-9-16(12-22)11-19-26(23,24)14-15-7-4-3-5-8-15/h3-5,7-8,16,19H,2,6,9-14H2,1H3/t16-/m0/s1. The Labute approximate surface area is 154 Å². The van der Waals surface area contributed by atoms with E-state index >= 15 is 0 Å². The van der Waals surface area contributed by atoms with Gasteiger partial charge in [-0.2, -0.15) is 0 Å². The molecule has 1 fully saturated rings. The molecule has 0 bridgehead atoms. The molecule has 0 radical (unpaired) electrons. The van der Waals surface area contributed by atoms with Crippen molar-refractivity contribution in [2.75, 3.05) is 19.6 Å². The monoisotopic (exact) mass is 378 g/mol. The molecule has 1 N–H and O–H groups in total. The molecule has 26 heavy (non-hydrogen) atoms. The van der Waals surface area contributed by atoms with E-state index in [1.807, 2.05) is 37.3 Å². The molecule has 0 unspecified atom stereocenters. The molecule has 7 nitrogen and oxygen atoms in total. The third-order valence-corrected chi connectivity index (χ3v) is 5.88. The van der Waals surface area contributed by atoms with E-state index in [1.165, 1.54) is 0 Å². The Kier molecular flexibility index (Phi) is 6.39. The van der Waals surface area contributed by atoms with Crippen LogP contribution in [-0.4, -0.2) is 43.1 Å². The quantitative estimate of drug-likeness (QED) is 0.755. The second-order valence-corrected chi connectivity index (χ2v) is 8.59. The number of piperidine rings is 1. The minimum atomic E-state index is -3.32. The van der Waals surface area contributed by atoms with Gasteiger partial charge in [0.05, 0.1) is 12.3 Å². The summed E-state index contributed by atoms with van der Waals surface area (Å²) in [5.41, 5.74) is 0.799. The van der Waals surface area contributed by atoms with Crippen molar-refractivity contribution in [1.82, 2.24) is 19.8 Å². The lowest BCUT2D eigenvalue weighted by Gasteiger charge is -2.31. The molecular weight excluding hydrogens is 352 g/mol. The Hall–Kier alpha value is -1.77. The summed E-state index contributed by atoms with van der Waals surface area (Å²) >= 11 is 0. The van der Waals surface area contributed by atoms with Crippen molar-refractivity contribution >= 4 is 10.0 Å². The minimum Gasteiger partial charge on any atom is -0.424 e. The molecule has 0 spiro atoms. The number of aryl methyl sites for hydroxylation is 1. The van der Waals surface area contributed by atoms with Gasteiger partial charge in [0.15, 0.2) is 0 Å². The van der Waals surface area contributed by atoms with Crippen LogP contribution in [0.25, 0.3) is 0 Å². The lowest BCUT2D eigenvalue weighted by atomic mass is 9.98. The van der Waals surface area contributed by atoms with Crippen LogP contribution in [0.15, 0.2) is 34.7 Å². The number of nitrogens with zero attached hydrogens (tertiary/aromatic N) is 3. The predicted octanol–water partition coefficient (Wildman–Crippen LogP) is 1.96. The first-order chi connectivity index (χ1) is 12.5. The summed E-state index contributed by atoms with van der Waals surface area (Å²) in [6.07, 6.45) is 2.80. The molecule has 1 atom stereocenters. The largest absolute Gasteiger partial charge is 0.424 e. The van der Waals surface area contributed by atoms with Gasteiger partial charge in [-0.05, 0) is 30.9 Å². The number of hydrogen-bond acceptors (Lipinski definition) is 6. The van der Waals surface area contributed by atoms with Crippen LogP contribution in [0.5, 0.6) is 0 Å². The highest BCUT2D eigenvalue weighted by molar-refractivity contribution is 7.88. The zero-order valence-corrected chi connectivity index (χ0v) is 15.9. The number of likely N-dealkylation sites (tertiary alicyclic amines) is 1. The summed E-state index contributed by atoms with van der Waals surface area (Å²) in [4.78, 5) is 2.26. The van der Waals surface area contributed by atoms with Gasteiger partial charge in [0.2, 0.25) is 21.8 Å². The molecule has 0 amide bonds. The molecule has 1 saturated heterocycles. The summed E-state index contributed by atoms with van der Waals surface area (Å²) in [5.74, 6) is 1.60. The molecule has 8 heteroatoms. The average Bonchev–Trinajstić information content (AvgIpc) is 3.08. The average molecular weight is 378 g/mol. The molecule has 0 saturated carbocycles. The normalized spacial score (nSPS) is 18.9. The Bertz CT molecular complexity index is 792. The molecule has 1 aromatic heterocycles. The third kappa shape index (κ3) is 5.62. The van der Waals surface area contributed by atoms with E-state index in [0.717, 1.165) is 37.9 Å². The summed E-state index contributed by atoms with van der Waals surface area (Å²) in [6, 6.07) is 9.25. The van der Waals surface area contributed by atoms with Crippen molar-refractivity contribution in [2.45, 2.75) is 38.5 Å². The topological polar surface area (TPSA) is 88.3 Å². The van der Waals surface area contributed by atoms with Gasteiger partial charge in [0.25, 0.3) is 0 Å². The fourth-order valence-electron chi connectivity index (χ4n) is 3.24. The lowest BCUT2D eigenvalue weighted by molar-refractivity contribution is 0.155. The van der Waals surface area contributed by atoms with Crippen LogP contribution in [0.1, 0.15) is 37.1 Å².